The van der Waals surface area contributed by atoms with Gasteiger partial charge in [0.15, 0.2) is 0 Å². The van der Waals surface area contributed by atoms with Crippen molar-refractivity contribution in [2.75, 3.05) is 6.66 Å². The molecule has 5 rings (SSSR count). The molecule has 6 atom stereocenters. The zero-order chi connectivity index (χ0) is 14.0. The summed E-state index contributed by atoms with van der Waals surface area (Å²) in [6.45, 7) is 2.59. The van der Waals surface area contributed by atoms with Crippen LogP contribution in [0.25, 0.3) is 6.08 Å². The zero-order valence-electron chi connectivity index (χ0n) is 13.0. The minimum absolute atomic E-state index is 0. The summed E-state index contributed by atoms with van der Waals surface area (Å²) in [5.74, 6) is 1.78. The summed E-state index contributed by atoms with van der Waals surface area (Å²) in [6, 6.07) is 9.23. The molecule has 0 aromatic heterocycles. The van der Waals surface area contributed by atoms with Crippen molar-refractivity contribution >= 4 is 14.0 Å². The van der Waals surface area contributed by atoms with Gasteiger partial charge < -0.3 is 9.41 Å². The molecule has 118 valence electrons. The zero-order valence-corrected chi connectivity index (χ0v) is 17.5. The molecule has 0 bridgehead atoms. The van der Waals surface area contributed by atoms with Crippen LogP contribution in [0.15, 0.2) is 53.9 Å². The predicted molar refractivity (Wildman–Crippen MR) is 87.4 cm³/mol. The number of fused-ring (bicyclic) bond motifs is 6. The van der Waals surface area contributed by atoms with Crippen LogP contribution in [0.1, 0.15) is 21.2 Å². The molecule has 1 aromatic rings. The van der Waals surface area contributed by atoms with Crippen LogP contribution in [0, 0.1) is 11.8 Å². The molecule has 1 saturated heterocycles. The second-order valence-corrected chi connectivity index (χ2v) is 14.8. The van der Waals surface area contributed by atoms with Crippen molar-refractivity contribution < 1.29 is 32.3 Å². The Hall–Kier alpha value is -0.400. The number of benzene rings is 1. The molecule has 4 heteroatoms. The summed E-state index contributed by atoms with van der Waals surface area (Å²) < 4.78 is 2.04. The maximum atomic E-state index is 2.59. The maximum absolute atomic E-state index is 2.59. The molecule has 0 amide bonds. The van der Waals surface area contributed by atoms with Crippen molar-refractivity contribution in [2.24, 2.45) is 11.8 Å². The monoisotopic (exact) mass is 496 g/mol. The summed E-state index contributed by atoms with van der Waals surface area (Å²) in [6.07, 6.45) is 13.7. The van der Waals surface area contributed by atoms with Gasteiger partial charge in [-0.1, -0.05) is 0 Å². The smallest absolute Gasteiger partial charge is 1.00 e. The third-order valence-electron chi connectivity index (χ3n) is 5.81. The first-order valence-electron chi connectivity index (χ1n) is 7.97. The summed E-state index contributed by atoms with van der Waals surface area (Å²) in [4.78, 5) is 0. The molecular formula is C19H19F2HfP. The standard InChI is InChI=1S/C19H19P.2FH.Hf/c1-20(18-10-14-6-2-3-7-15(14)11-18)19-12-16-8-4-5-9-17(16)13-19;;;/h2-12,16-17,19H,13H2,1H3;2*1H;/q;;;+2/p-2. The Labute approximate surface area is 149 Å². The molecule has 3 aliphatic carbocycles. The van der Waals surface area contributed by atoms with E-state index in [0.717, 1.165) is 24.8 Å². The Bertz CT molecular complexity index is 696. The fraction of sp³-hybridized carbons (Fsp3) is 0.368. The Kier molecular flexibility index (Phi) is 4.91. The van der Waals surface area contributed by atoms with Gasteiger partial charge in [0.1, 0.15) is 0 Å². The predicted octanol–water partition coefficient (Wildman–Crippen LogP) is -0.783. The van der Waals surface area contributed by atoms with Crippen molar-refractivity contribution in [3.05, 3.63) is 65.0 Å². The molecule has 1 aliphatic heterocycles. The van der Waals surface area contributed by atoms with Gasteiger partial charge in [-0.2, -0.15) is 0 Å². The number of halogens is 2. The largest absolute Gasteiger partial charge is 1.00 e. The first-order valence-corrected chi connectivity index (χ1v) is 14.0. The third kappa shape index (κ3) is 2.50. The van der Waals surface area contributed by atoms with E-state index in [-0.39, 0.29) is 17.3 Å². The molecule has 0 radical (unpaired) electrons. The second-order valence-electron chi connectivity index (χ2n) is 6.75. The van der Waals surface area contributed by atoms with Crippen molar-refractivity contribution in [2.45, 2.75) is 19.4 Å². The van der Waals surface area contributed by atoms with Crippen LogP contribution in [0.5, 0.6) is 0 Å². The number of rotatable bonds is 0. The SMILES string of the molecule is CP1C2=Cc3ccccc3[CH]2[Hf+2][CH]2C3C=CC=CC3CC21.[F-].[F-]. The van der Waals surface area contributed by atoms with Gasteiger partial charge in [-0.3, -0.25) is 0 Å². The van der Waals surface area contributed by atoms with Crippen molar-refractivity contribution in [1.29, 1.82) is 0 Å². The Morgan fingerprint density at radius 3 is 2.74 bits per heavy atom. The molecule has 2 fully saturated rings. The molecule has 0 N–H and O–H groups in total. The van der Waals surface area contributed by atoms with Gasteiger partial charge >= 0.3 is 140 Å². The van der Waals surface area contributed by atoms with Crippen LogP contribution < -0.4 is 9.41 Å². The quantitative estimate of drug-likeness (QED) is 0.328. The van der Waals surface area contributed by atoms with Gasteiger partial charge in [0, 0.05) is 0 Å². The number of hydrogen-bond donors (Lipinski definition) is 0. The fourth-order valence-electron chi connectivity index (χ4n) is 4.77. The average Bonchev–Trinajstić information content (AvgIpc) is 3.07. The average molecular weight is 495 g/mol. The van der Waals surface area contributed by atoms with Gasteiger partial charge in [-0.25, -0.2) is 0 Å². The van der Waals surface area contributed by atoms with E-state index in [0.29, 0.717) is 0 Å². The third-order valence-corrected chi connectivity index (χ3v) is 18.1. The number of allylic oxidation sites excluding steroid dienone is 5. The molecule has 1 heterocycles. The van der Waals surface area contributed by atoms with Crippen molar-refractivity contribution in [3.63, 3.8) is 0 Å². The maximum Gasteiger partial charge on any atom is -1.00 e. The van der Waals surface area contributed by atoms with E-state index in [1.54, 1.807) is 11.1 Å². The summed E-state index contributed by atoms with van der Waals surface area (Å²) in [5, 5.41) is 1.88. The minimum Gasteiger partial charge on any atom is -1.00 e. The van der Waals surface area contributed by atoms with Crippen molar-refractivity contribution in [1.82, 2.24) is 0 Å². The normalized spacial score (nSPS) is 37.7. The van der Waals surface area contributed by atoms with Crippen LogP contribution in [-0.2, 0) is 22.9 Å². The number of hydrogen-bond acceptors (Lipinski definition) is 0. The molecular weight excluding hydrogens is 476 g/mol. The van der Waals surface area contributed by atoms with Gasteiger partial charge in [0.05, 0.1) is 0 Å². The molecule has 6 unspecified atom stereocenters. The first kappa shape index (κ1) is 17.4. The first-order chi connectivity index (χ1) is 10.3. The molecule has 23 heavy (non-hydrogen) atoms. The van der Waals surface area contributed by atoms with Gasteiger partial charge in [0.2, 0.25) is 0 Å². The van der Waals surface area contributed by atoms with Crippen LogP contribution in [0.2, 0.25) is 3.67 Å². The Morgan fingerprint density at radius 1 is 1.09 bits per heavy atom. The minimum atomic E-state index is -0.663. The van der Waals surface area contributed by atoms with Gasteiger partial charge in [0.25, 0.3) is 0 Å². The van der Waals surface area contributed by atoms with E-state index in [2.05, 4.69) is 61.3 Å². The molecule has 0 spiro atoms. The van der Waals surface area contributed by atoms with Crippen molar-refractivity contribution in [3.8, 4) is 0 Å². The van der Waals surface area contributed by atoms with Crippen LogP contribution in [0.3, 0.4) is 0 Å². The van der Waals surface area contributed by atoms with E-state index < -0.39 is 22.9 Å². The summed E-state index contributed by atoms with van der Waals surface area (Å²) in [5.41, 5.74) is 4.29. The van der Waals surface area contributed by atoms with E-state index in [1.807, 2.05) is 5.31 Å². The van der Waals surface area contributed by atoms with Gasteiger partial charge in [-0.15, -0.1) is 0 Å². The van der Waals surface area contributed by atoms with Crippen LogP contribution >= 0.6 is 7.92 Å². The molecule has 1 aromatic carbocycles. The van der Waals surface area contributed by atoms with Gasteiger partial charge in [-0.05, 0) is 0 Å². The molecule has 1 saturated carbocycles. The summed E-state index contributed by atoms with van der Waals surface area (Å²) >= 11 is -0.663. The topological polar surface area (TPSA) is 0 Å². The van der Waals surface area contributed by atoms with E-state index in [9.17, 15) is 0 Å². The van der Waals surface area contributed by atoms with Crippen LogP contribution in [0.4, 0.5) is 0 Å². The van der Waals surface area contributed by atoms with E-state index >= 15 is 0 Å². The second kappa shape index (κ2) is 6.48. The summed E-state index contributed by atoms with van der Waals surface area (Å²) in [7, 11) is 0.0863. The van der Waals surface area contributed by atoms with E-state index in [1.165, 1.54) is 6.42 Å². The van der Waals surface area contributed by atoms with E-state index in [4.69, 9.17) is 0 Å². The van der Waals surface area contributed by atoms with Crippen LogP contribution in [-0.4, -0.2) is 12.3 Å². The Balaban J connectivity index is 0.000000781. The molecule has 4 aliphatic rings. The fourth-order valence-corrected chi connectivity index (χ4v) is 20.5. The Morgan fingerprint density at radius 2 is 1.87 bits per heavy atom. The molecule has 0 nitrogen and oxygen atoms in total.